The van der Waals surface area contributed by atoms with E-state index in [2.05, 4.69) is 15.3 Å². The van der Waals surface area contributed by atoms with Gasteiger partial charge in [0, 0.05) is 28.9 Å². The normalized spacial score (nSPS) is 25.7. The number of amides is 1. The van der Waals surface area contributed by atoms with Crippen molar-refractivity contribution in [2.45, 2.75) is 44.4 Å². The van der Waals surface area contributed by atoms with Gasteiger partial charge in [-0.3, -0.25) is 4.79 Å². The van der Waals surface area contributed by atoms with Crippen molar-refractivity contribution in [3.8, 4) is 5.75 Å². The molecule has 2 aliphatic rings. The number of nitrogens with one attached hydrogen (secondary N) is 1. The molecule has 1 aromatic carbocycles. The minimum Gasteiger partial charge on any atom is -0.480 e. The number of halogens is 1. The van der Waals surface area contributed by atoms with E-state index in [0.717, 1.165) is 5.39 Å². The highest BCUT2D eigenvalue weighted by Gasteiger charge is 2.50. The van der Waals surface area contributed by atoms with Crippen LogP contribution in [0.25, 0.3) is 21.9 Å². The number of nitrogen functional groups attached to an aromatic ring is 1. The van der Waals surface area contributed by atoms with Crippen molar-refractivity contribution >= 4 is 39.3 Å². The Morgan fingerprint density at radius 2 is 2.11 bits per heavy atom. The number of hydrogen-bond donors (Lipinski definition) is 4. The standard InChI is InChI=1S/C26H26FN5O4/c1-26(11-19(22(34)23(26)35)32-7-4-14-17(28)3-6-29-25(14)32)5-2-13-8-16(27)15-10-20-24(30-18(15)9-13)31-21(33)12-36-20/h3-4,6-10,19,22-23,34-35H,2,5,11-12H2,1H3,(H2,28,29)(H,30,31,33)/t19-,22+,23+,26+/m1/s1. The number of pyridine rings is 2. The Morgan fingerprint density at radius 1 is 1.28 bits per heavy atom. The molecule has 4 atom stereocenters. The van der Waals surface area contributed by atoms with Crippen LogP contribution in [0.4, 0.5) is 15.9 Å². The summed E-state index contributed by atoms with van der Waals surface area (Å²) >= 11 is 0. The average Bonchev–Trinajstić information content (AvgIpc) is 3.38. The number of aliphatic hydroxyl groups excluding tert-OH is 2. The Balaban J connectivity index is 1.26. The van der Waals surface area contributed by atoms with Crippen molar-refractivity contribution < 1.29 is 24.1 Å². The fraction of sp³-hybridized carbons (Fsp3) is 0.346. The first-order valence-electron chi connectivity index (χ1n) is 11.9. The Morgan fingerprint density at radius 3 is 2.94 bits per heavy atom. The Bertz CT molecular complexity index is 1520. The molecule has 1 amide bonds. The SMILES string of the molecule is C[C@]1(CCc2cc(F)c3cc4c(nc3c2)NC(=O)CO4)C[C@@H](n2ccc3c(N)ccnc32)[C@H](O)[C@@H]1O. The maximum Gasteiger partial charge on any atom is 0.263 e. The summed E-state index contributed by atoms with van der Waals surface area (Å²) in [6.45, 7) is 1.81. The third kappa shape index (κ3) is 3.56. The van der Waals surface area contributed by atoms with Crippen molar-refractivity contribution in [1.82, 2.24) is 14.5 Å². The lowest BCUT2D eigenvalue weighted by atomic mass is 9.80. The maximum atomic E-state index is 15.0. The molecule has 4 heterocycles. The van der Waals surface area contributed by atoms with Crippen molar-refractivity contribution in [3.05, 3.63) is 54.1 Å². The van der Waals surface area contributed by atoms with Crippen LogP contribution in [0.15, 0.2) is 42.7 Å². The monoisotopic (exact) mass is 491 g/mol. The van der Waals surface area contributed by atoms with E-state index in [-0.39, 0.29) is 24.4 Å². The minimum atomic E-state index is -0.987. The minimum absolute atomic E-state index is 0.129. The number of aromatic nitrogens is 3. The molecule has 4 aromatic rings. The number of benzene rings is 1. The molecular formula is C26H26FN5O4. The van der Waals surface area contributed by atoms with Crippen LogP contribution in [0.3, 0.4) is 0 Å². The molecule has 10 heteroatoms. The van der Waals surface area contributed by atoms with Crippen molar-refractivity contribution in [2.24, 2.45) is 5.41 Å². The van der Waals surface area contributed by atoms with Crippen LogP contribution in [-0.2, 0) is 11.2 Å². The van der Waals surface area contributed by atoms with Gasteiger partial charge in [0.05, 0.1) is 17.7 Å². The van der Waals surface area contributed by atoms with Crippen molar-refractivity contribution in [3.63, 3.8) is 0 Å². The van der Waals surface area contributed by atoms with Crippen LogP contribution in [-0.4, -0.2) is 49.5 Å². The van der Waals surface area contributed by atoms with Crippen molar-refractivity contribution in [2.75, 3.05) is 17.7 Å². The summed E-state index contributed by atoms with van der Waals surface area (Å²) in [5, 5.41) is 25.7. The molecule has 0 radical (unpaired) electrons. The van der Waals surface area contributed by atoms with E-state index < -0.39 is 23.4 Å². The largest absolute Gasteiger partial charge is 0.480 e. The zero-order valence-corrected chi connectivity index (χ0v) is 19.6. The van der Waals surface area contributed by atoms with Crippen molar-refractivity contribution in [1.29, 1.82) is 0 Å². The van der Waals surface area contributed by atoms with Gasteiger partial charge in [-0.25, -0.2) is 14.4 Å². The van der Waals surface area contributed by atoms with Gasteiger partial charge in [0.25, 0.3) is 5.91 Å². The van der Waals surface area contributed by atoms with Gasteiger partial charge in [-0.2, -0.15) is 0 Å². The number of nitrogens with two attached hydrogens (primary N) is 1. The number of fused-ring (bicyclic) bond motifs is 3. The number of rotatable bonds is 4. The Labute approximate surface area is 205 Å². The van der Waals surface area contributed by atoms with Gasteiger partial charge in [-0.05, 0) is 60.6 Å². The topological polar surface area (TPSA) is 136 Å². The summed E-state index contributed by atoms with van der Waals surface area (Å²) in [7, 11) is 0. The lowest BCUT2D eigenvalue weighted by molar-refractivity contribution is -0.118. The van der Waals surface area contributed by atoms with E-state index in [9.17, 15) is 19.4 Å². The zero-order chi connectivity index (χ0) is 25.2. The number of aryl methyl sites for hydroxylation is 1. The fourth-order valence-corrected chi connectivity index (χ4v) is 5.55. The Hall–Kier alpha value is -3.76. The number of nitrogens with zero attached hydrogens (tertiary/aromatic N) is 3. The van der Waals surface area contributed by atoms with E-state index in [1.165, 1.54) is 6.07 Å². The number of aliphatic hydroxyl groups is 2. The fourth-order valence-electron chi connectivity index (χ4n) is 5.55. The summed E-state index contributed by atoms with van der Waals surface area (Å²) in [6.07, 6.45) is 3.02. The smallest absolute Gasteiger partial charge is 0.263 e. The number of anilines is 2. The van der Waals surface area contributed by atoms with Crippen LogP contribution >= 0.6 is 0 Å². The van der Waals surface area contributed by atoms with Gasteiger partial charge >= 0.3 is 0 Å². The first-order chi connectivity index (χ1) is 17.2. The van der Waals surface area contributed by atoms with E-state index >= 15 is 0 Å². The molecular weight excluding hydrogens is 465 g/mol. The molecule has 1 fully saturated rings. The lowest BCUT2D eigenvalue weighted by Crippen LogP contribution is -2.35. The molecule has 9 nitrogen and oxygen atoms in total. The van der Waals surface area contributed by atoms with Gasteiger partial charge in [0.1, 0.15) is 17.6 Å². The Kier molecular flexibility index (Phi) is 5.13. The van der Waals surface area contributed by atoms with Gasteiger partial charge in [0.15, 0.2) is 18.2 Å². The molecule has 0 unspecified atom stereocenters. The molecule has 0 saturated heterocycles. The molecule has 1 saturated carbocycles. The molecule has 186 valence electrons. The molecule has 36 heavy (non-hydrogen) atoms. The highest BCUT2D eigenvalue weighted by molar-refractivity contribution is 5.96. The average molecular weight is 492 g/mol. The highest BCUT2D eigenvalue weighted by Crippen LogP contribution is 2.48. The van der Waals surface area contributed by atoms with Crippen LogP contribution in [0.1, 0.15) is 31.4 Å². The first kappa shape index (κ1) is 22.7. The van der Waals surface area contributed by atoms with Gasteiger partial charge in [0.2, 0.25) is 0 Å². The summed E-state index contributed by atoms with van der Waals surface area (Å²) in [4.78, 5) is 20.4. The van der Waals surface area contributed by atoms with E-state index in [1.54, 1.807) is 24.4 Å². The lowest BCUT2D eigenvalue weighted by Gasteiger charge is -2.28. The molecule has 6 rings (SSSR count). The van der Waals surface area contributed by atoms with Gasteiger partial charge in [-0.1, -0.05) is 6.92 Å². The van der Waals surface area contributed by atoms with E-state index in [0.29, 0.717) is 52.8 Å². The number of carbonyl (C=O) groups excluding carboxylic acids is 1. The molecule has 0 spiro atoms. The molecule has 1 aliphatic heterocycles. The van der Waals surface area contributed by atoms with Gasteiger partial charge in [-0.15, -0.1) is 0 Å². The quantitative estimate of drug-likeness (QED) is 0.345. The first-order valence-corrected chi connectivity index (χ1v) is 11.9. The molecule has 3 aromatic heterocycles. The van der Waals surface area contributed by atoms with Crippen LogP contribution in [0, 0.1) is 11.2 Å². The summed E-state index contributed by atoms with van der Waals surface area (Å²) in [6, 6.07) is 8.00. The molecule has 5 N–H and O–H groups in total. The van der Waals surface area contributed by atoms with Crippen LogP contribution in [0.2, 0.25) is 0 Å². The van der Waals surface area contributed by atoms with Crippen LogP contribution < -0.4 is 15.8 Å². The maximum absolute atomic E-state index is 15.0. The highest BCUT2D eigenvalue weighted by atomic mass is 19.1. The summed E-state index contributed by atoms with van der Waals surface area (Å²) in [5.41, 5.74) is 7.84. The third-order valence-electron chi connectivity index (χ3n) is 7.62. The second-order valence-corrected chi connectivity index (χ2v) is 10.0. The predicted octanol–water partition coefficient (Wildman–Crippen LogP) is 2.94. The van der Waals surface area contributed by atoms with Gasteiger partial charge < -0.3 is 30.6 Å². The summed E-state index contributed by atoms with van der Waals surface area (Å²) in [5.74, 6) is -0.136. The zero-order valence-electron chi connectivity index (χ0n) is 19.6. The van der Waals surface area contributed by atoms with E-state index in [1.807, 2.05) is 23.8 Å². The van der Waals surface area contributed by atoms with E-state index in [4.69, 9.17) is 10.5 Å². The van der Waals surface area contributed by atoms with Crippen LogP contribution in [0.5, 0.6) is 5.75 Å². The summed E-state index contributed by atoms with van der Waals surface area (Å²) < 4.78 is 22.2. The second-order valence-electron chi connectivity index (χ2n) is 10.0. The molecule has 0 bridgehead atoms. The third-order valence-corrected chi connectivity index (χ3v) is 7.62. The predicted molar refractivity (Wildman–Crippen MR) is 132 cm³/mol. The number of ether oxygens (including phenoxy) is 1. The second kappa shape index (κ2) is 8.14. The number of hydrogen-bond acceptors (Lipinski definition) is 7. The molecule has 1 aliphatic carbocycles. The number of carbonyl (C=O) groups is 1.